The third kappa shape index (κ3) is 4.61. The maximum atomic E-state index is 11.8. The average Bonchev–Trinajstić information content (AvgIpc) is 2.79. The Balaban J connectivity index is 0.00000180. The van der Waals surface area contributed by atoms with Crippen LogP contribution in [0.15, 0.2) is 21.6 Å². The Morgan fingerprint density at radius 3 is 2.42 bits per heavy atom. The van der Waals surface area contributed by atoms with Crippen molar-refractivity contribution in [2.24, 2.45) is 0 Å². The summed E-state index contributed by atoms with van der Waals surface area (Å²) in [5.74, 6) is -0.551. The van der Waals surface area contributed by atoms with Gasteiger partial charge in [0.1, 0.15) is 0 Å². The summed E-state index contributed by atoms with van der Waals surface area (Å²) < 4.78 is 35.1. The number of furan rings is 1. The number of carbonyl (C=O) groups excluding carboxylic acids is 1. The summed E-state index contributed by atoms with van der Waals surface area (Å²) in [6.45, 7) is 0. The van der Waals surface area contributed by atoms with Gasteiger partial charge in [-0.1, -0.05) is 19.3 Å². The maximum absolute atomic E-state index is 11.8. The van der Waals surface area contributed by atoms with Crippen molar-refractivity contribution in [3.8, 4) is 0 Å². The second-order valence-corrected chi connectivity index (χ2v) is 5.75. The van der Waals surface area contributed by atoms with Gasteiger partial charge in [-0.15, -0.1) is 0 Å². The van der Waals surface area contributed by atoms with Crippen LogP contribution >= 0.6 is 0 Å². The number of amides is 1. The standard InChI is InChI=1S/C11H15NO5S.Na.H/c13-11(12-8-4-2-1-3-5-8)9-6-7-10(17-9)18(14,15)16;;/h6-8H,1-5H2,(H,12,13)(H,14,15,16);;. The molecule has 0 aliphatic heterocycles. The van der Waals surface area contributed by atoms with Crippen LogP contribution in [0.4, 0.5) is 0 Å². The molecule has 0 atom stereocenters. The fraction of sp³-hybridized carbons (Fsp3) is 0.545. The summed E-state index contributed by atoms with van der Waals surface area (Å²) >= 11 is 0. The molecule has 1 aromatic rings. The summed E-state index contributed by atoms with van der Waals surface area (Å²) in [7, 11) is -4.40. The monoisotopic (exact) mass is 297 g/mol. The van der Waals surface area contributed by atoms with Crippen molar-refractivity contribution in [1.29, 1.82) is 0 Å². The van der Waals surface area contributed by atoms with Crippen LogP contribution in [-0.2, 0) is 10.1 Å². The van der Waals surface area contributed by atoms with E-state index in [9.17, 15) is 13.2 Å². The predicted octanol–water partition coefficient (Wildman–Crippen LogP) is 0.940. The Morgan fingerprint density at radius 2 is 1.89 bits per heavy atom. The Morgan fingerprint density at radius 1 is 1.26 bits per heavy atom. The first-order chi connectivity index (χ1) is 8.47. The fourth-order valence-corrected chi connectivity index (χ4v) is 2.52. The van der Waals surface area contributed by atoms with Crippen LogP contribution in [0.2, 0.25) is 0 Å². The van der Waals surface area contributed by atoms with E-state index in [4.69, 9.17) is 8.97 Å². The van der Waals surface area contributed by atoms with Crippen LogP contribution in [0.1, 0.15) is 42.7 Å². The molecule has 19 heavy (non-hydrogen) atoms. The minimum absolute atomic E-state index is 0. The molecule has 1 fully saturated rings. The molecule has 1 aliphatic carbocycles. The number of hydrogen-bond acceptors (Lipinski definition) is 4. The van der Waals surface area contributed by atoms with E-state index < -0.39 is 21.1 Å². The zero-order valence-corrected chi connectivity index (χ0v) is 10.6. The zero-order chi connectivity index (χ0) is 13.2. The van der Waals surface area contributed by atoms with Gasteiger partial charge >= 0.3 is 39.7 Å². The number of rotatable bonds is 3. The quantitative estimate of drug-likeness (QED) is 0.639. The molecule has 0 aromatic carbocycles. The van der Waals surface area contributed by atoms with Gasteiger partial charge in [0.25, 0.3) is 5.91 Å². The van der Waals surface area contributed by atoms with Crippen molar-refractivity contribution in [2.45, 2.75) is 43.2 Å². The Kier molecular flexibility index (Phi) is 6.07. The first-order valence-corrected chi connectivity index (χ1v) is 7.29. The third-order valence-electron chi connectivity index (χ3n) is 3.00. The molecule has 0 spiro atoms. The van der Waals surface area contributed by atoms with Crippen LogP contribution < -0.4 is 5.32 Å². The van der Waals surface area contributed by atoms with Crippen LogP contribution in [0.5, 0.6) is 0 Å². The van der Waals surface area contributed by atoms with Crippen molar-refractivity contribution in [3.05, 3.63) is 17.9 Å². The summed E-state index contributed by atoms with van der Waals surface area (Å²) in [5.41, 5.74) is 0. The summed E-state index contributed by atoms with van der Waals surface area (Å²) in [6, 6.07) is 2.41. The van der Waals surface area contributed by atoms with E-state index in [-0.39, 0.29) is 41.4 Å². The zero-order valence-electron chi connectivity index (χ0n) is 9.76. The van der Waals surface area contributed by atoms with Gasteiger partial charge in [0.2, 0.25) is 5.09 Å². The second kappa shape index (κ2) is 6.90. The van der Waals surface area contributed by atoms with Crippen LogP contribution in [0.3, 0.4) is 0 Å². The van der Waals surface area contributed by atoms with Gasteiger partial charge in [-0.05, 0) is 25.0 Å². The SMILES string of the molecule is O=C(NC1CCCCC1)c1ccc(S(=O)(=O)O)o1.[NaH]. The second-order valence-electron chi connectivity index (χ2n) is 4.40. The Hall–Kier alpha value is -0.340. The molecule has 0 unspecified atom stereocenters. The van der Waals surface area contributed by atoms with E-state index in [1.165, 1.54) is 12.5 Å². The van der Waals surface area contributed by atoms with E-state index in [1.807, 2.05) is 0 Å². The fourth-order valence-electron chi connectivity index (χ4n) is 2.08. The van der Waals surface area contributed by atoms with E-state index in [0.717, 1.165) is 31.7 Å². The number of hydrogen-bond donors (Lipinski definition) is 2. The molecular weight excluding hydrogens is 281 g/mol. The molecule has 0 bridgehead atoms. The van der Waals surface area contributed by atoms with Crippen molar-refractivity contribution in [1.82, 2.24) is 5.32 Å². The molecule has 6 nitrogen and oxygen atoms in total. The van der Waals surface area contributed by atoms with Gasteiger partial charge in [-0.2, -0.15) is 8.42 Å². The summed E-state index contributed by atoms with van der Waals surface area (Å²) in [4.78, 5) is 11.8. The van der Waals surface area contributed by atoms with Crippen molar-refractivity contribution < 1.29 is 22.2 Å². The molecule has 102 valence electrons. The van der Waals surface area contributed by atoms with Gasteiger partial charge in [0.15, 0.2) is 5.76 Å². The molecule has 2 rings (SSSR count). The molecule has 1 saturated carbocycles. The van der Waals surface area contributed by atoms with Crippen molar-refractivity contribution in [3.63, 3.8) is 0 Å². The minimum atomic E-state index is -4.40. The van der Waals surface area contributed by atoms with Crippen LogP contribution in [0.25, 0.3) is 0 Å². The molecule has 8 heteroatoms. The predicted molar refractivity (Wildman–Crippen MR) is 70.0 cm³/mol. The van der Waals surface area contributed by atoms with Crippen LogP contribution in [0, 0.1) is 0 Å². The number of nitrogens with one attached hydrogen (secondary N) is 1. The topological polar surface area (TPSA) is 96.6 Å². The normalized spacial score (nSPS) is 16.7. The first kappa shape index (κ1) is 16.7. The van der Waals surface area contributed by atoms with Crippen molar-refractivity contribution in [2.75, 3.05) is 0 Å². The molecule has 0 saturated heterocycles. The molecule has 0 radical (unpaired) electrons. The molecule has 1 aromatic heterocycles. The Bertz CT molecular complexity index is 533. The van der Waals surface area contributed by atoms with Gasteiger partial charge < -0.3 is 9.73 Å². The number of carbonyl (C=O) groups is 1. The molecule has 1 heterocycles. The molecule has 2 N–H and O–H groups in total. The Labute approximate surface area is 134 Å². The van der Waals surface area contributed by atoms with Gasteiger partial charge in [0, 0.05) is 6.04 Å². The van der Waals surface area contributed by atoms with Gasteiger partial charge in [-0.3, -0.25) is 9.35 Å². The molecular formula is C11H16NNaO5S. The van der Waals surface area contributed by atoms with E-state index in [0.29, 0.717) is 0 Å². The van der Waals surface area contributed by atoms with Crippen LogP contribution in [-0.4, -0.2) is 54.5 Å². The molecule has 1 amide bonds. The summed E-state index contributed by atoms with van der Waals surface area (Å²) in [6.07, 6.45) is 5.20. The third-order valence-corrected chi connectivity index (χ3v) is 3.73. The van der Waals surface area contributed by atoms with E-state index in [2.05, 4.69) is 5.32 Å². The van der Waals surface area contributed by atoms with E-state index >= 15 is 0 Å². The van der Waals surface area contributed by atoms with E-state index in [1.54, 1.807) is 0 Å². The van der Waals surface area contributed by atoms with Gasteiger partial charge in [-0.25, -0.2) is 0 Å². The average molecular weight is 297 g/mol. The van der Waals surface area contributed by atoms with Crippen molar-refractivity contribution >= 4 is 45.6 Å². The molecule has 1 aliphatic rings. The first-order valence-electron chi connectivity index (χ1n) is 5.85. The summed E-state index contributed by atoms with van der Waals surface area (Å²) in [5, 5.41) is 2.18. The van der Waals surface area contributed by atoms with Gasteiger partial charge in [0.05, 0.1) is 0 Å².